The summed E-state index contributed by atoms with van der Waals surface area (Å²) in [4.78, 5) is 26.1. The Kier molecular flexibility index (Phi) is 4.68. The number of hydrogen-bond donors (Lipinski definition) is 1. The quantitative estimate of drug-likeness (QED) is 0.514. The van der Waals surface area contributed by atoms with Crippen molar-refractivity contribution in [3.63, 3.8) is 0 Å². The fourth-order valence-electron chi connectivity index (χ4n) is 1.29. The van der Waals surface area contributed by atoms with Crippen LogP contribution in [0, 0.1) is 10.1 Å². The van der Waals surface area contributed by atoms with Crippen LogP contribution in [0.15, 0.2) is 12.1 Å². The van der Waals surface area contributed by atoms with Gasteiger partial charge in [0.25, 0.3) is 5.91 Å². The van der Waals surface area contributed by atoms with Crippen molar-refractivity contribution in [2.24, 2.45) is 0 Å². The zero-order valence-corrected chi connectivity index (χ0v) is 11.2. The summed E-state index contributed by atoms with van der Waals surface area (Å²) in [5, 5.41) is 10.5. The number of aromatic amines is 1. The molecule has 1 amide bonds. The molecule has 0 aliphatic heterocycles. The molecule has 0 aliphatic rings. The molecule has 1 heterocycles. The number of carbonyl (C=O) groups excluding carboxylic acids is 1. The summed E-state index contributed by atoms with van der Waals surface area (Å²) in [6, 6.07) is 2.71. The summed E-state index contributed by atoms with van der Waals surface area (Å²) < 4.78 is 0. The molecule has 0 fully saturated rings. The average molecular weight is 304 g/mol. The Labute approximate surface area is 107 Å². The first-order chi connectivity index (χ1) is 7.91. The standard InChI is InChI=1S/C10H14BrN3O3/c1-7(11)5-6-13(2)10(15)8-3-4-9(12-8)14(16)17/h3-4,7,12H,5-6H2,1-2H3. The van der Waals surface area contributed by atoms with Gasteiger partial charge in [0.2, 0.25) is 0 Å². The highest BCUT2D eigenvalue weighted by molar-refractivity contribution is 9.09. The van der Waals surface area contributed by atoms with E-state index in [0.717, 1.165) is 6.42 Å². The first-order valence-corrected chi connectivity index (χ1v) is 6.06. The van der Waals surface area contributed by atoms with E-state index in [1.54, 1.807) is 7.05 Å². The van der Waals surface area contributed by atoms with Crippen LogP contribution < -0.4 is 0 Å². The Morgan fingerprint density at radius 3 is 2.76 bits per heavy atom. The number of amides is 1. The molecule has 1 unspecified atom stereocenters. The maximum atomic E-state index is 11.8. The van der Waals surface area contributed by atoms with Crippen LogP contribution in [-0.4, -0.2) is 39.1 Å². The van der Waals surface area contributed by atoms with Crippen LogP contribution in [0.2, 0.25) is 0 Å². The lowest BCUT2D eigenvalue weighted by Crippen LogP contribution is -2.29. The molecule has 1 rings (SSSR count). The van der Waals surface area contributed by atoms with Crippen molar-refractivity contribution in [3.05, 3.63) is 27.9 Å². The van der Waals surface area contributed by atoms with Crippen LogP contribution >= 0.6 is 15.9 Å². The Hall–Kier alpha value is -1.37. The Bertz CT molecular complexity index is 417. The van der Waals surface area contributed by atoms with Gasteiger partial charge in [0.1, 0.15) is 0 Å². The SMILES string of the molecule is CC(Br)CCN(C)C(=O)c1ccc([N+](=O)[O-])[nH]1. The molecular weight excluding hydrogens is 290 g/mol. The van der Waals surface area contributed by atoms with Crippen molar-refractivity contribution in [1.82, 2.24) is 9.88 Å². The molecule has 94 valence electrons. The van der Waals surface area contributed by atoms with Gasteiger partial charge in [0.05, 0.1) is 0 Å². The van der Waals surface area contributed by atoms with E-state index in [0.29, 0.717) is 11.4 Å². The van der Waals surface area contributed by atoms with Crippen molar-refractivity contribution >= 4 is 27.7 Å². The number of carbonyl (C=O) groups is 1. The van der Waals surface area contributed by atoms with E-state index < -0.39 is 4.92 Å². The monoisotopic (exact) mass is 303 g/mol. The summed E-state index contributed by atoms with van der Waals surface area (Å²) in [5.41, 5.74) is 0.237. The highest BCUT2D eigenvalue weighted by Crippen LogP contribution is 2.12. The molecule has 7 heteroatoms. The van der Waals surface area contributed by atoms with Crippen LogP contribution in [0.4, 0.5) is 5.82 Å². The molecule has 1 aromatic rings. The number of nitro groups is 1. The Balaban J connectivity index is 2.65. The topological polar surface area (TPSA) is 79.2 Å². The minimum Gasteiger partial charge on any atom is -0.358 e. The molecule has 6 nitrogen and oxygen atoms in total. The van der Waals surface area contributed by atoms with E-state index in [9.17, 15) is 14.9 Å². The number of nitrogens with one attached hydrogen (secondary N) is 1. The largest absolute Gasteiger partial charge is 0.358 e. The Morgan fingerprint density at radius 2 is 2.29 bits per heavy atom. The number of H-pyrrole nitrogens is 1. The summed E-state index contributed by atoms with van der Waals surface area (Å²) in [6.45, 7) is 2.59. The van der Waals surface area contributed by atoms with Gasteiger partial charge in [-0.15, -0.1) is 0 Å². The second kappa shape index (κ2) is 5.81. The number of rotatable bonds is 5. The molecule has 1 aromatic heterocycles. The maximum Gasteiger partial charge on any atom is 0.321 e. The highest BCUT2D eigenvalue weighted by Gasteiger charge is 2.18. The molecule has 0 aromatic carbocycles. The van der Waals surface area contributed by atoms with E-state index in [4.69, 9.17) is 0 Å². The zero-order chi connectivity index (χ0) is 13.0. The fourth-order valence-corrected chi connectivity index (χ4v) is 1.50. The van der Waals surface area contributed by atoms with Crippen LogP contribution in [-0.2, 0) is 0 Å². The summed E-state index contributed by atoms with van der Waals surface area (Å²) in [7, 11) is 1.67. The number of hydrogen-bond acceptors (Lipinski definition) is 3. The van der Waals surface area contributed by atoms with Crippen molar-refractivity contribution < 1.29 is 9.72 Å². The van der Waals surface area contributed by atoms with Gasteiger partial charge < -0.3 is 15.0 Å². The van der Waals surface area contributed by atoms with Gasteiger partial charge in [0.15, 0.2) is 5.69 Å². The van der Waals surface area contributed by atoms with Crippen LogP contribution in [0.25, 0.3) is 0 Å². The zero-order valence-electron chi connectivity index (χ0n) is 9.64. The summed E-state index contributed by atoms with van der Waals surface area (Å²) in [6.07, 6.45) is 0.824. The van der Waals surface area contributed by atoms with Crippen LogP contribution in [0.3, 0.4) is 0 Å². The van der Waals surface area contributed by atoms with Gasteiger partial charge >= 0.3 is 5.82 Å². The molecule has 0 spiro atoms. The molecule has 0 bridgehead atoms. The molecule has 1 atom stereocenters. The number of aromatic nitrogens is 1. The van der Waals surface area contributed by atoms with E-state index in [-0.39, 0.29) is 17.4 Å². The molecular formula is C10H14BrN3O3. The molecule has 0 saturated carbocycles. The van der Waals surface area contributed by atoms with Crippen molar-refractivity contribution in [2.75, 3.05) is 13.6 Å². The predicted molar refractivity (Wildman–Crippen MR) is 67.4 cm³/mol. The smallest absolute Gasteiger partial charge is 0.321 e. The van der Waals surface area contributed by atoms with Gasteiger partial charge in [-0.2, -0.15) is 0 Å². The first-order valence-electron chi connectivity index (χ1n) is 5.14. The van der Waals surface area contributed by atoms with E-state index in [2.05, 4.69) is 20.9 Å². The lowest BCUT2D eigenvalue weighted by molar-refractivity contribution is -0.389. The van der Waals surface area contributed by atoms with Crippen molar-refractivity contribution in [2.45, 2.75) is 18.2 Å². The van der Waals surface area contributed by atoms with Gasteiger partial charge in [-0.1, -0.05) is 22.9 Å². The van der Waals surface area contributed by atoms with Gasteiger partial charge in [0, 0.05) is 24.5 Å². The molecule has 17 heavy (non-hydrogen) atoms. The minimum atomic E-state index is -0.558. The van der Waals surface area contributed by atoms with E-state index >= 15 is 0 Å². The Morgan fingerprint density at radius 1 is 1.65 bits per heavy atom. The highest BCUT2D eigenvalue weighted by atomic mass is 79.9. The molecule has 0 saturated heterocycles. The molecule has 1 N–H and O–H groups in total. The number of alkyl halides is 1. The third-order valence-corrected chi connectivity index (χ3v) is 2.76. The van der Waals surface area contributed by atoms with Gasteiger partial charge in [-0.05, 0) is 17.4 Å². The fraction of sp³-hybridized carbons (Fsp3) is 0.500. The van der Waals surface area contributed by atoms with Gasteiger partial charge in [-0.3, -0.25) is 4.79 Å². The van der Waals surface area contributed by atoms with Crippen LogP contribution in [0.5, 0.6) is 0 Å². The second-order valence-corrected chi connectivity index (χ2v) is 5.37. The molecule has 0 radical (unpaired) electrons. The van der Waals surface area contributed by atoms with Crippen molar-refractivity contribution in [1.29, 1.82) is 0 Å². The minimum absolute atomic E-state index is 0.171. The normalized spacial score (nSPS) is 12.2. The molecule has 0 aliphatic carbocycles. The third kappa shape index (κ3) is 3.85. The van der Waals surface area contributed by atoms with Gasteiger partial charge in [-0.25, -0.2) is 4.98 Å². The predicted octanol–water partition coefficient (Wildman–Crippen LogP) is 2.17. The average Bonchev–Trinajstić information content (AvgIpc) is 2.73. The summed E-state index contributed by atoms with van der Waals surface area (Å²) >= 11 is 3.40. The first kappa shape index (κ1) is 13.7. The van der Waals surface area contributed by atoms with Crippen LogP contribution in [0.1, 0.15) is 23.8 Å². The maximum absolute atomic E-state index is 11.8. The third-order valence-electron chi connectivity index (χ3n) is 2.31. The lowest BCUT2D eigenvalue weighted by Gasteiger charge is -2.15. The summed E-state index contributed by atoms with van der Waals surface area (Å²) in [5.74, 6) is -0.415. The van der Waals surface area contributed by atoms with E-state index in [1.807, 2.05) is 6.92 Å². The lowest BCUT2D eigenvalue weighted by atomic mass is 10.3. The van der Waals surface area contributed by atoms with Crippen molar-refractivity contribution in [3.8, 4) is 0 Å². The number of halogens is 1. The van der Waals surface area contributed by atoms with E-state index in [1.165, 1.54) is 17.0 Å². The number of nitrogens with zero attached hydrogens (tertiary/aromatic N) is 2. The second-order valence-electron chi connectivity index (χ2n) is 3.81.